The third-order valence-corrected chi connectivity index (χ3v) is 24.0. The number of nitro benzene ring substituents is 3. The number of aliphatic hydroxyl groups is 22. The Hall–Kier alpha value is -9.94. The molecule has 40 unspecified atom stereocenters. The number of hydrogen-bond donors (Lipinski definition) is 24. The first-order valence-corrected chi connectivity index (χ1v) is 46.0. The van der Waals surface area contributed by atoms with Gasteiger partial charge in [0.15, 0.2) is 74.7 Å². The van der Waals surface area contributed by atoms with Crippen LogP contribution in [0.3, 0.4) is 0 Å². The molecule has 25 N–H and O–H groups in total. The number of hydrogen-bond acceptors (Lipinski definition) is 60. The summed E-state index contributed by atoms with van der Waals surface area (Å²) in [5.41, 5.74) is 5.01. The number of benzene rings is 3. The van der Waals surface area contributed by atoms with Crippen LogP contribution in [0.15, 0.2) is 72.8 Å². The minimum absolute atomic E-state index is 0.00397. The van der Waals surface area contributed by atoms with E-state index in [0.29, 0.717) is 12.8 Å². The summed E-state index contributed by atoms with van der Waals surface area (Å²) in [6.07, 6.45) is -76.1. The summed E-state index contributed by atoms with van der Waals surface area (Å²) in [6.45, 7) is -4.23. The summed E-state index contributed by atoms with van der Waals surface area (Å²) in [5, 5.41) is 269. The lowest BCUT2D eigenvalue weighted by atomic mass is 9.95. The maximum absolute atomic E-state index is 12.8. The lowest BCUT2D eigenvalue weighted by Gasteiger charge is -2.48. The zero-order valence-electron chi connectivity index (χ0n) is 79.7. The average molecular weight is 2170 g/mol. The van der Waals surface area contributed by atoms with E-state index in [1.54, 1.807) is 0 Å². The van der Waals surface area contributed by atoms with Crippen LogP contribution in [0.2, 0.25) is 0 Å². The average Bonchev–Trinajstić information content (AvgIpc) is 0.765. The minimum Gasteiger partial charge on any atom is -0.467 e. The first-order chi connectivity index (χ1) is 71.2. The van der Waals surface area contributed by atoms with Gasteiger partial charge in [0, 0.05) is 75.2 Å². The van der Waals surface area contributed by atoms with Crippen molar-refractivity contribution in [3.8, 4) is 17.2 Å². The molecule has 1 amide bonds. The van der Waals surface area contributed by atoms with Gasteiger partial charge in [-0.15, -0.1) is 0 Å². The van der Waals surface area contributed by atoms with Gasteiger partial charge in [-0.25, -0.2) is 19.2 Å². The third-order valence-electron chi connectivity index (χ3n) is 24.0. The number of nitro groups is 3. The van der Waals surface area contributed by atoms with Crippen LogP contribution in [0.5, 0.6) is 17.2 Å². The summed E-state index contributed by atoms with van der Waals surface area (Å²) in [7, 11) is 3.74. The lowest BCUT2D eigenvalue weighted by molar-refractivity contribution is -0.385. The van der Waals surface area contributed by atoms with Crippen LogP contribution in [0.1, 0.15) is 51.4 Å². The van der Waals surface area contributed by atoms with Crippen molar-refractivity contribution in [3.63, 3.8) is 0 Å². The van der Waals surface area contributed by atoms with Crippen LogP contribution < -0.4 is 25.3 Å². The highest BCUT2D eigenvalue weighted by atomic mass is 16.8. The van der Waals surface area contributed by atoms with Gasteiger partial charge >= 0.3 is 41.8 Å². The number of ether oxygens (including phenoxy) is 23. The number of carbonyl (C=O) groups is 8. The highest BCUT2D eigenvalue weighted by Crippen LogP contribution is 2.40. The molecule has 11 rings (SSSR count). The first-order valence-electron chi connectivity index (χ1n) is 46.0. The van der Waals surface area contributed by atoms with Crippen LogP contribution in [0.4, 0.5) is 17.1 Å². The van der Waals surface area contributed by atoms with E-state index >= 15 is 0 Å². The summed E-state index contributed by atoms with van der Waals surface area (Å²) in [5.74, 6) is -6.37. The second kappa shape index (κ2) is 58.4. The van der Waals surface area contributed by atoms with Crippen molar-refractivity contribution in [2.75, 3.05) is 81.2 Å². The van der Waals surface area contributed by atoms with Crippen LogP contribution in [-0.4, -0.2) is 502 Å². The van der Waals surface area contributed by atoms with Gasteiger partial charge in [0.2, 0.25) is 5.91 Å². The molecule has 8 aliphatic heterocycles. The fraction of sp³-hybridized carbons (Fsp3) is 0.698. The van der Waals surface area contributed by atoms with Crippen LogP contribution >= 0.6 is 0 Å². The Morgan fingerprint density at radius 2 is 0.533 bits per heavy atom. The molecule has 8 fully saturated rings. The number of rotatable bonds is 43. The standard InChI is InChI=1S/C40H58N2O28.C28H47NO23.C18H16N2O8/c1-60-35(56)33-22(48)21(47)25(51)39(69-33)66-31-18(14-44)65-38(27(53)24(31)50)68-32-28(54)34(36(57)61-2)70-40(29(32)55)67-30-17(13-43)64-37(26(52)23(30)49)62-12-11-41-19(45)5-3-4-6-20(46)63-16-9-7-15(8-10-16)42(58)59;1-43-23(41)21-10(33)9(32)13(36)27(51-21)48-19-8(6-31)47-26(15(38)12(19)35)50-20-16(39)22(24(42)44-2)52-28(17(20)40)49-18-7(5-30)46-25(45-4-3-29)14(37)11(18)34;21-17(27-15-9-5-13(6-10-15)19(23)24)3-1-2-4-18(22)28-16-11-7-14(8-12-16)20(25)26/h7-10,17-18,21-34,37-40,43-44,47-55H,3-6,11-14H2,1-2H3,(H,41,45);7-22,25-28,30-40H,3-6,29H2,1-2H3;5-12H,1-4H2. The molecule has 0 aliphatic carbocycles. The van der Waals surface area contributed by atoms with Gasteiger partial charge < -0.3 is 232 Å². The van der Waals surface area contributed by atoms with Crippen LogP contribution in [-0.2, 0) is 133 Å². The highest BCUT2D eigenvalue weighted by molar-refractivity contribution is 5.78. The number of carbonyl (C=O) groups excluding carboxylic acids is 8. The fourth-order valence-corrected chi connectivity index (χ4v) is 15.9. The molecule has 3 aromatic rings. The van der Waals surface area contributed by atoms with E-state index in [0.717, 1.165) is 28.4 Å². The molecular weight excluding hydrogens is 2050 g/mol. The predicted molar refractivity (Wildman–Crippen MR) is 470 cm³/mol. The van der Waals surface area contributed by atoms with Crippen molar-refractivity contribution < 1.29 is 274 Å². The molecule has 8 heterocycles. The number of nitrogens with zero attached hydrogens (tertiary/aromatic N) is 3. The lowest BCUT2D eigenvalue weighted by Crippen LogP contribution is -2.68. The van der Waals surface area contributed by atoms with E-state index in [2.05, 4.69) is 24.3 Å². The Bertz CT molecular complexity index is 4720. The molecule has 0 bridgehead atoms. The molecule has 40 atom stereocenters. The van der Waals surface area contributed by atoms with Crippen molar-refractivity contribution in [1.29, 1.82) is 0 Å². The zero-order valence-corrected chi connectivity index (χ0v) is 79.7. The van der Waals surface area contributed by atoms with E-state index in [1.165, 1.54) is 72.8 Å². The van der Waals surface area contributed by atoms with Gasteiger partial charge in [0.1, 0.15) is 188 Å². The topological polar surface area (TPSA) is 961 Å². The van der Waals surface area contributed by atoms with Gasteiger partial charge in [-0.3, -0.25) is 49.5 Å². The van der Waals surface area contributed by atoms with Gasteiger partial charge in [0.05, 0.1) is 82.9 Å². The van der Waals surface area contributed by atoms with E-state index in [4.69, 9.17) is 95.7 Å². The number of nitrogens with two attached hydrogens (primary N) is 1. The monoisotopic (exact) mass is 2170 g/mol. The first kappa shape index (κ1) is 124. The SMILES string of the molecule is COC(=O)C1OC(OC2C(CO)OC(OC3C(O)C(OC4C(CO)OC(OCCN)C(O)C4O)OC(C(=O)OC)C3O)C(O)C2O)C(O)C(O)C1O.COC(=O)C1OC(OC2C(CO)OC(OC3C(O)C(OC4C(CO)OC(OCCNC(=O)CCCCC(=O)Oc5ccc([N+](=O)[O-])cc5)C(O)C4O)OC(C(=O)OC)C3O)C(O)C2O)C(O)C(O)C1O.O=C(CCCCC(=O)Oc1ccc([N+](=O)[O-])cc1)Oc1ccc([N+](=O)[O-])cc1. The quantitative estimate of drug-likeness (QED) is 0.00625. The number of amides is 1. The number of unbranched alkanes of at least 4 members (excludes halogenated alkanes) is 2. The smallest absolute Gasteiger partial charge is 0.337 e. The second-order valence-corrected chi connectivity index (χ2v) is 34.1. The number of nitrogens with one attached hydrogen (secondary N) is 1. The zero-order chi connectivity index (χ0) is 111. The normalized spacial score (nSPS) is 35.8. The number of methoxy groups -OCH3 is 4. The Labute approximate surface area is 846 Å². The Morgan fingerprint density at radius 3 is 0.800 bits per heavy atom. The van der Waals surface area contributed by atoms with Crippen molar-refractivity contribution in [3.05, 3.63) is 103 Å². The summed E-state index contributed by atoms with van der Waals surface area (Å²) < 4.78 is 122. The van der Waals surface area contributed by atoms with Crippen LogP contribution in [0, 0.1) is 30.3 Å². The van der Waals surface area contributed by atoms with E-state index in [-0.39, 0.29) is 99.1 Å². The van der Waals surface area contributed by atoms with Gasteiger partial charge in [-0.05, 0) is 62.1 Å². The largest absolute Gasteiger partial charge is 0.467 e. The third kappa shape index (κ3) is 31.9. The highest BCUT2D eigenvalue weighted by Gasteiger charge is 2.61. The number of non-ortho nitro benzene ring substituents is 3. The Kier molecular flexibility index (Phi) is 48.1. The molecule has 8 saturated heterocycles. The van der Waals surface area contributed by atoms with Crippen molar-refractivity contribution in [1.82, 2.24) is 5.32 Å². The fourth-order valence-electron chi connectivity index (χ4n) is 15.9. The maximum Gasteiger partial charge on any atom is 0.337 e. The van der Waals surface area contributed by atoms with Gasteiger partial charge in [0.25, 0.3) is 17.1 Å². The minimum atomic E-state index is -2.21. The molecule has 150 heavy (non-hydrogen) atoms. The summed E-state index contributed by atoms with van der Waals surface area (Å²) in [6, 6.07) is 15.2. The molecule has 3 aromatic carbocycles. The molecule has 0 saturated carbocycles. The predicted octanol–water partition coefficient (Wildman–Crippen LogP) is -13.0. The Balaban J connectivity index is 0.000000272. The molecule has 0 spiro atoms. The summed E-state index contributed by atoms with van der Waals surface area (Å²) >= 11 is 0. The van der Waals surface area contributed by atoms with Crippen molar-refractivity contribution in [2.45, 2.75) is 297 Å². The van der Waals surface area contributed by atoms with Gasteiger partial charge in [-0.1, -0.05) is 0 Å². The van der Waals surface area contributed by atoms with E-state index < -0.39 is 335 Å². The molecule has 0 aromatic heterocycles. The maximum atomic E-state index is 12.8. The summed E-state index contributed by atoms with van der Waals surface area (Å²) in [4.78, 5) is 128. The second-order valence-electron chi connectivity index (χ2n) is 34.1. The van der Waals surface area contributed by atoms with Crippen molar-refractivity contribution >= 4 is 64.8 Å². The van der Waals surface area contributed by atoms with E-state index in [9.17, 15) is 181 Å². The molecular formula is C86H121N5O59. The Morgan fingerprint density at radius 1 is 0.300 bits per heavy atom. The number of esters is 7. The number of aliphatic hydroxyl groups excluding tert-OH is 22. The van der Waals surface area contributed by atoms with E-state index in [1.807, 2.05) is 0 Å². The molecule has 64 heteroatoms. The van der Waals surface area contributed by atoms with Crippen molar-refractivity contribution in [2.24, 2.45) is 5.73 Å². The molecule has 8 aliphatic rings. The molecule has 64 nitrogen and oxygen atoms in total. The van der Waals surface area contributed by atoms with Gasteiger partial charge in [-0.2, -0.15) is 0 Å². The molecule has 0 radical (unpaired) electrons. The van der Waals surface area contributed by atoms with Crippen LogP contribution in [0.25, 0.3) is 0 Å². The molecule has 844 valence electrons.